The monoisotopic (exact) mass is 465 g/mol. The van der Waals surface area contributed by atoms with Crippen molar-refractivity contribution in [2.24, 2.45) is 35.5 Å². The van der Waals surface area contributed by atoms with Crippen LogP contribution in [0.25, 0.3) is 0 Å². The van der Waals surface area contributed by atoms with Gasteiger partial charge >= 0.3 is 5.97 Å². The van der Waals surface area contributed by atoms with Crippen LogP contribution in [-0.2, 0) is 19.1 Å². The Balaban J connectivity index is 1.24. The van der Waals surface area contributed by atoms with E-state index < -0.39 is 12.0 Å². The molecule has 1 saturated heterocycles. The van der Waals surface area contributed by atoms with Gasteiger partial charge in [0.1, 0.15) is 5.75 Å². The summed E-state index contributed by atoms with van der Waals surface area (Å²) in [5.41, 5.74) is 0.423. The van der Waals surface area contributed by atoms with E-state index in [-0.39, 0.29) is 54.3 Å². The molecule has 4 aliphatic carbocycles. The number of carbonyl (C=O) groups is 4. The van der Waals surface area contributed by atoms with Crippen molar-refractivity contribution in [1.29, 1.82) is 0 Å². The highest BCUT2D eigenvalue weighted by Gasteiger charge is 2.67. The Morgan fingerprint density at radius 1 is 1.03 bits per heavy atom. The maximum atomic E-state index is 13.4. The van der Waals surface area contributed by atoms with Gasteiger partial charge in [0.05, 0.1) is 31.4 Å². The average Bonchev–Trinajstić information content (AvgIpc) is 3.63. The van der Waals surface area contributed by atoms with E-state index >= 15 is 0 Å². The normalized spacial score (nSPS) is 31.2. The fourth-order valence-corrected chi connectivity index (χ4v) is 6.36. The molecule has 0 radical (unpaired) electrons. The number of Topliss-reactive ketones (excluding diaryl/α,β-unsaturated/α-hetero) is 1. The summed E-state index contributed by atoms with van der Waals surface area (Å²) in [7, 11) is 1.54. The molecular weight excluding hydrogens is 434 g/mol. The van der Waals surface area contributed by atoms with E-state index in [0.29, 0.717) is 29.6 Å². The smallest absolute Gasteiger partial charge is 0.308 e. The number of carbonyl (C=O) groups excluding carboxylic acids is 4. The van der Waals surface area contributed by atoms with Gasteiger partial charge in [0.2, 0.25) is 11.8 Å². The van der Waals surface area contributed by atoms with Crippen LogP contribution in [0.2, 0.25) is 0 Å². The third-order valence-electron chi connectivity index (χ3n) is 8.13. The number of nitrogens with zero attached hydrogens (tertiary/aromatic N) is 1. The zero-order valence-electron chi connectivity index (χ0n) is 19.6. The molecule has 1 aromatic carbocycles. The molecule has 1 heterocycles. The topological polar surface area (TPSA) is 90.0 Å². The van der Waals surface area contributed by atoms with Gasteiger partial charge in [-0.1, -0.05) is 31.9 Å². The third kappa shape index (κ3) is 3.85. The van der Waals surface area contributed by atoms with E-state index in [1.54, 1.807) is 31.4 Å². The summed E-state index contributed by atoms with van der Waals surface area (Å²) in [6.45, 7) is 1.66. The summed E-state index contributed by atoms with van der Waals surface area (Å²) in [6, 6.07) is 6.06. The summed E-state index contributed by atoms with van der Waals surface area (Å²) in [5, 5.41) is 0. The van der Waals surface area contributed by atoms with E-state index in [1.165, 1.54) is 4.90 Å². The molecule has 2 bridgehead atoms. The molecular formula is C27H31NO6. The van der Waals surface area contributed by atoms with Gasteiger partial charge in [0, 0.05) is 5.56 Å². The minimum Gasteiger partial charge on any atom is -0.497 e. The van der Waals surface area contributed by atoms with E-state index in [0.717, 1.165) is 19.3 Å². The highest BCUT2D eigenvalue weighted by atomic mass is 16.5. The van der Waals surface area contributed by atoms with Crippen molar-refractivity contribution < 1.29 is 28.7 Å². The van der Waals surface area contributed by atoms with Crippen LogP contribution in [-0.4, -0.2) is 48.2 Å². The van der Waals surface area contributed by atoms with Crippen LogP contribution in [0.3, 0.4) is 0 Å². The number of unbranched alkanes of at least 4 members (excludes halogenated alkanes) is 1. The molecule has 7 unspecified atom stereocenters. The lowest BCUT2D eigenvalue weighted by Crippen LogP contribution is -2.42. The summed E-state index contributed by atoms with van der Waals surface area (Å²) >= 11 is 0. The van der Waals surface area contributed by atoms with Gasteiger partial charge in [-0.05, 0) is 60.8 Å². The molecule has 0 N–H and O–H groups in total. The van der Waals surface area contributed by atoms with Crippen molar-refractivity contribution in [2.45, 2.75) is 45.1 Å². The zero-order chi connectivity index (χ0) is 24.0. The first-order valence-electron chi connectivity index (χ1n) is 12.3. The SMILES string of the molecule is CCCCC(CC(=O)OCC(=O)c1ccc(OC)cc1)N1C(=O)C2C3C=CC(C4CC34)C2C1=O. The summed E-state index contributed by atoms with van der Waals surface area (Å²) in [6.07, 6.45) is 7.58. The Hall–Kier alpha value is -2.96. The number of hydrogen-bond acceptors (Lipinski definition) is 6. The van der Waals surface area contributed by atoms with E-state index in [9.17, 15) is 19.2 Å². The minimum absolute atomic E-state index is 0.0809. The van der Waals surface area contributed by atoms with Gasteiger partial charge in [-0.2, -0.15) is 0 Å². The van der Waals surface area contributed by atoms with Crippen LogP contribution in [0, 0.1) is 35.5 Å². The second-order valence-electron chi connectivity index (χ2n) is 10.0. The molecule has 2 saturated carbocycles. The largest absolute Gasteiger partial charge is 0.497 e. The highest BCUT2D eigenvalue weighted by Crippen LogP contribution is 2.65. The maximum Gasteiger partial charge on any atom is 0.308 e. The number of amides is 2. The second kappa shape index (κ2) is 9.01. The first kappa shape index (κ1) is 22.8. The quantitative estimate of drug-likeness (QED) is 0.228. The lowest BCUT2D eigenvalue weighted by molar-refractivity contribution is -0.148. The third-order valence-corrected chi connectivity index (χ3v) is 8.13. The van der Waals surface area contributed by atoms with Gasteiger partial charge in [0.15, 0.2) is 12.4 Å². The predicted molar refractivity (Wildman–Crippen MR) is 123 cm³/mol. The van der Waals surface area contributed by atoms with E-state index in [4.69, 9.17) is 9.47 Å². The molecule has 3 fully saturated rings. The van der Waals surface area contributed by atoms with Crippen LogP contribution < -0.4 is 4.74 Å². The number of allylic oxidation sites excluding steroid dienone is 2. The fraction of sp³-hybridized carbons (Fsp3) is 0.556. The molecule has 7 heteroatoms. The Bertz CT molecular complexity index is 994. The van der Waals surface area contributed by atoms with Crippen LogP contribution in [0.15, 0.2) is 36.4 Å². The molecule has 2 amide bonds. The number of benzene rings is 1. The molecule has 0 spiro atoms. The summed E-state index contributed by atoms with van der Waals surface area (Å²) in [5.74, 6) is 0.340. The number of hydrogen-bond donors (Lipinski definition) is 0. The molecule has 6 rings (SSSR count). The lowest BCUT2D eigenvalue weighted by Gasteiger charge is -2.37. The van der Waals surface area contributed by atoms with Crippen molar-refractivity contribution in [3.8, 4) is 5.75 Å². The lowest BCUT2D eigenvalue weighted by atomic mass is 9.63. The molecule has 7 atom stereocenters. The number of imide groups is 1. The second-order valence-corrected chi connectivity index (χ2v) is 10.0. The van der Waals surface area contributed by atoms with Crippen molar-refractivity contribution in [2.75, 3.05) is 13.7 Å². The Kier molecular flexibility index (Phi) is 6.04. The Morgan fingerprint density at radius 2 is 1.65 bits per heavy atom. The van der Waals surface area contributed by atoms with Gasteiger partial charge < -0.3 is 9.47 Å². The molecule has 34 heavy (non-hydrogen) atoms. The van der Waals surface area contributed by atoms with Crippen LogP contribution in [0.1, 0.15) is 49.4 Å². The van der Waals surface area contributed by atoms with Gasteiger partial charge in [0.25, 0.3) is 0 Å². The highest BCUT2D eigenvalue weighted by molar-refractivity contribution is 6.07. The minimum atomic E-state index is -0.567. The van der Waals surface area contributed by atoms with Crippen molar-refractivity contribution in [3.63, 3.8) is 0 Å². The predicted octanol–water partition coefficient (Wildman–Crippen LogP) is 3.42. The number of ketones is 1. The van der Waals surface area contributed by atoms with Crippen molar-refractivity contribution >= 4 is 23.6 Å². The first-order chi connectivity index (χ1) is 16.4. The standard InChI is InChI=1S/C27H31NO6/c1-3-4-5-16(12-23(30)34-14-22(29)15-6-8-17(33-2)9-7-15)28-26(31)24-18-10-11-19(21-13-20(18)21)25(24)27(28)32/h6-11,16,18-21,24-25H,3-5,12-14H2,1-2H3. The van der Waals surface area contributed by atoms with Crippen LogP contribution in [0.4, 0.5) is 0 Å². The van der Waals surface area contributed by atoms with E-state index in [2.05, 4.69) is 12.2 Å². The number of methoxy groups -OCH3 is 1. The summed E-state index contributed by atoms with van der Waals surface area (Å²) in [4.78, 5) is 53.4. The van der Waals surface area contributed by atoms with Crippen LogP contribution in [0.5, 0.6) is 5.75 Å². The Labute approximate surface area is 199 Å². The van der Waals surface area contributed by atoms with Gasteiger partial charge in [-0.3, -0.25) is 24.1 Å². The summed E-state index contributed by atoms with van der Waals surface area (Å²) < 4.78 is 10.4. The number of rotatable bonds is 10. The zero-order valence-corrected chi connectivity index (χ0v) is 19.6. The fourth-order valence-electron chi connectivity index (χ4n) is 6.36. The van der Waals surface area contributed by atoms with Crippen molar-refractivity contribution in [1.82, 2.24) is 4.90 Å². The van der Waals surface area contributed by atoms with Crippen molar-refractivity contribution in [3.05, 3.63) is 42.0 Å². The molecule has 1 aliphatic heterocycles. The Morgan fingerprint density at radius 3 is 2.21 bits per heavy atom. The van der Waals surface area contributed by atoms with Crippen LogP contribution >= 0.6 is 0 Å². The van der Waals surface area contributed by atoms with Gasteiger partial charge in [-0.25, -0.2) is 0 Å². The number of ether oxygens (including phenoxy) is 2. The first-order valence-corrected chi connectivity index (χ1v) is 12.3. The molecule has 1 aromatic rings. The molecule has 180 valence electrons. The molecule has 0 aromatic heterocycles. The maximum absolute atomic E-state index is 13.4. The molecule has 7 nitrogen and oxygen atoms in total. The van der Waals surface area contributed by atoms with Gasteiger partial charge in [-0.15, -0.1) is 0 Å². The average molecular weight is 466 g/mol. The number of likely N-dealkylation sites (tertiary alicyclic amines) is 1. The molecule has 5 aliphatic rings. The number of esters is 1. The van der Waals surface area contributed by atoms with E-state index in [1.807, 2.05) is 6.92 Å².